The maximum atomic E-state index is 1.68. The molecule has 0 nitrogen and oxygen atoms in total. The van der Waals surface area contributed by atoms with Gasteiger partial charge in [-0.3, -0.25) is 0 Å². The zero-order chi connectivity index (χ0) is 6.03. The van der Waals surface area contributed by atoms with E-state index in [9.17, 15) is 0 Å². The molecule has 0 aliphatic heterocycles. The molecule has 10 heavy (non-hydrogen) atoms. The summed E-state index contributed by atoms with van der Waals surface area (Å²) in [6.07, 6.45) is 3.36. The van der Waals surface area contributed by atoms with Crippen molar-refractivity contribution in [2.75, 3.05) is 0 Å². The van der Waals surface area contributed by atoms with Gasteiger partial charge < -0.3 is 0 Å². The summed E-state index contributed by atoms with van der Waals surface area (Å²) in [6, 6.07) is 0. The third-order valence-electron chi connectivity index (χ3n) is 5.94. The Kier molecular flexibility index (Phi) is 0.352. The van der Waals surface area contributed by atoms with E-state index < -0.39 is 0 Å². The highest BCUT2D eigenvalue weighted by Gasteiger charge is 2.83. The molecule has 0 saturated heterocycles. The molecule has 52 valence electrons. The van der Waals surface area contributed by atoms with Gasteiger partial charge in [0.2, 0.25) is 0 Å². The maximum absolute atomic E-state index is 1.68. The molecule has 0 aromatic carbocycles. The van der Waals surface area contributed by atoms with Gasteiger partial charge in [0.25, 0.3) is 0 Å². The third-order valence-corrected chi connectivity index (χ3v) is 5.94. The molecule has 0 heterocycles. The van der Waals surface area contributed by atoms with Crippen LogP contribution < -0.4 is 0 Å². The van der Waals surface area contributed by atoms with Crippen LogP contribution in [-0.4, -0.2) is 0 Å². The second kappa shape index (κ2) is 0.852. The van der Waals surface area contributed by atoms with Gasteiger partial charge in [-0.25, -0.2) is 0 Å². The normalized spacial score (nSPS) is 91.2. The fourth-order valence-corrected chi connectivity index (χ4v) is 6.15. The van der Waals surface area contributed by atoms with E-state index in [1.807, 2.05) is 0 Å². The highest BCUT2D eigenvalue weighted by atomic mass is 14.9. The fraction of sp³-hybridized carbons (Fsp3) is 1.00. The predicted molar refractivity (Wildman–Crippen MR) is 37.2 cm³/mol. The van der Waals surface area contributed by atoms with Crippen molar-refractivity contribution in [2.24, 2.45) is 47.3 Å². The zero-order valence-electron chi connectivity index (χ0n) is 6.03. The van der Waals surface area contributed by atoms with Crippen LogP contribution in [0.25, 0.3) is 0 Å². The summed E-state index contributed by atoms with van der Waals surface area (Å²) in [5.74, 6) is 10.3. The summed E-state index contributed by atoms with van der Waals surface area (Å²) in [4.78, 5) is 0. The number of hydrogen-bond acceptors (Lipinski definition) is 0. The Morgan fingerprint density at radius 3 is 1.40 bits per heavy atom. The molecule has 8 atom stereocenters. The van der Waals surface area contributed by atoms with Gasteiger partial charge in [0.05, 0.1) is 0 Å². The quantitative estimate of drug-likeness (QED) is 0.471. The molecule has 0 amide bonds. The molecule has 0 N–H and O–H groups in total. The lowest BCUT2D eigenvalue weighted by molar-refractivity contribution is -0.169. The lowest BCUT2D eigenvalue weighted by atomic mass is 9.41. The average Bonchev–Trinajstić information content (AvgIpc) is 2.32. The lowest BCUT2D eigenvalue weighted by Gasteiger charge is -2.63. The summed E-state index contributed by atoms with van der Waals surface area (Å²) in [6.45, 7) is 0. The monoisotopic (exact) mass is 132 g/mol. The fourth-order valence-electron chi connectivity index (χ4n) is 6.15. The van der Waals surface area contributed by atoms with E-state index >= 15 is 0 Å². The number of hydrogen-bond donors (Lipinski definition) is 0. The van der Waals surface area contributed by atoms with Crippen LogP contribution in [-0.2, 0) is 0 Å². The second-order valence-corrected chi connectivity index (χ2v) is 5.44. The SMILES string of the molecule is C1[C@@H]2[C@H]3[C@@H]4C[C@H]5[C@@H]([C@@H]14)[C@@H]2[C@@H]53. The molecule has 0 heteroatoms. The molecular formula is C10H12. The molecule has 6 saturated carbocycles. The first-order valence-corrected chi connectivity index (χ1v) is 4.97. The van der Waals surface area contributed by atoms with Gasteiger partial charge in [-0.15, -0.1) is 0 Å². The van der Waals surface area contributed by atoms with E-state index in [1.165, 1.54) is 47.3 Å². The molecule has 6 fully saturated rings. The second-order valence-electron chi connectivity index (χ2n) is 5.44. The highest BCUT2D eigenvalue weighted by Crippen LogP contribution is 2.88. The van der Waals surface area contributed by atoms with Crippen molar-refractivity contribution < 1.29 is 0 Å². The van der Waals surface area contributed by atoms with Crippen LogP contribution in [0.15, 0.2) is 0 Å². The molecule has 0 aromatic rings. The Labute approximate surface area is 61.0 Å². The van der Waals surface area contributed by atoms with E-state index in [2.05, 4.69) is 0 Å². The molecule has 4 bridgehead atoms. The first-order chi connectivity index (χ1) is 4.97. The van der Waals surface area contributed by atoms with E-state index in [-0.39, 0.29) is 0 Å². The molecule has 0 aromatic heterocycles. The summed E-state index contributed by atoms with van der Waals surface area (Å²) in [5, 5.41) is 0. The maximum Gasteiger partial charge on any atom is -0.0315 e. The zero-order valence-corrected chi connectivity index (χ0v) is 6.03. The molecule has 6 aliphatic rings. The van der Waals surface area contributed by atoms with Crippen molar-refractivity contribution in [3.8, 4) is 0 Å². The van der Waals surface area contributed by atoms with E-state index in [0.29, 0.717) is 0 Å². The summed E-state index contributed by atoms with van der Waals surface area (Å²) in [7, 11) is 0. The van der Waals surface area contributed by atoms with Gasteiger partial charge in [-0.05, 0) is 60.2 Å². The molecule has 6 aliphatic carbocycles. The standard InChI is InChI=1S/C10H12/c1-3-4-2-6-7(3)9-5(1)8(4)10(6)9/h3-10H,1-2H2/t3-,4+,5+,6-,7-,8-,9+,10-/m1/s1. The van der Waals surface area contributed by atoms with Gasteiger partial charge >= 0.3 is 0 Å². The van der Waals surface area contributed by atoms with Gasteiger partial charge in [-0.2, -0.15) is 0 Å². The Balaban J connectivity index is 1.94. The van der Waals surface area contributed by atoms with Crippen molar-refractivity contribution in [3.05, 3.63) is 0 Å². The lowest BCUT2D eigenvalue weighted by Crippen LogP contribution is -2.60. The van der Waals surface area contributed by atoms with Crippen LogP contribution in [0.5, 0.6) is 0 Å². The van der Waals surface area contributed by atoms with Gasteiger partial charge in [0, 0.05) is 0 Å². The minimum atomic E-state index is 1.27. The van der Waals surface area contributed by atoms with Crippen molar-refractivity contribution in [1.82, 2.24) is 0 Å². The third kappa shape index (κ3) is 0.170. The Morgan fingerprint density at radius 2 is 1.00 bits per heavy atom. The first-order valence-electron chi connectivity index (χ1n) is 4.97. The van der Waals surface area contributed by atoms with Gasteiger partial charge in [-0.1, -0.05) is 0 Å². The van der Waals surface area contributed by atoms with Gasteiger partial charge in [0.1, 0.15) is 0 Å². The van der Waals surface area contributed by atoms with Crippen molar-refractivity contribution in [1.29, 1.82) is 0 Å². The van der Waals surface area contributed by atoms with Crippen molar-refractivity contribution in [3.63, 3.8) is 0 Å². The minimum absolute atomic E-state index is 1.27. The predicted octanol–water partition coefficient (Wildman–Crippen LogP) is 1.76. The minimum Gasteiger partial charge on any atom is -0.0465 e. The smallest absolute Gasteiger partial charge is 0.0315 e. The summed E-state index contributed by atoms with van der Waals surface area (Å²) in [5.41, 5.74) is 0. The molecule has 0 spiro atoms. The molecular weight excluding hydrogens is 120 g/mol. The first kappa shape index (κ1) is 4.13. The summed E-state index contributed by atoms with van der Waals surface area (Å²) < 4.78 is 0. The van der Waals surface area contributed by atoms with Crippen molar-refractivity contribution >= 4 is 0 Å². The topological polar surface area (TPSA) is 0 Å². The largest absolute Gasteiger partial charge is 0.0465 e. The van der Waals surface area contributed by atoms with Crippen LogP contribution in [0.3, 0.4) is 0 Å². The Bertz CT molecular complexity index is 201. The van der Waals surface area contributed by atoms with E-state index in [1.54, 1.807) is 12.8 Å². The van der Waals surface area contributed by atoms with Crippen LogP contribution in [0.4, 0.5) is 0 Å². The highest BCUT2D eigenvalue weighted by molar-refractivity contribution is 5.30. The molecule has 6 rings (SSSR count). The molecule has 0 unspecified atom stereocenters. The van der Waals surface area contributed by atoms with Crippen LogP contribution in [0.2, 0.25) is 0 Å². The Morgan fingerprint density at radius 1 is 0.500 bits per heavy atom. The average molecular weight is 132 g/mol. The number of rotatable bonds is 0. The van der Waals surface area contributed by atoms with Crippen LogP contribution in [0, 0.1) is 47.3 Å². The van der Waals surface area contributed by atoms with E-state index in [4.69, 9.17) is 0 Å². The molecule has 0 radical (unpaired) electrons. The van der Waals surface area contributed by atoms with Crippen LogP contribution in [0.1, 0.15) is 12.8 Å². The van der Waals surface area contributed by atoms with Crippen LogP contribution >= 0.6 is 0 Å². The van der Waals surface area contributed by atoms with Gasteiger partial charge in [0.15, 0.2) is 0 Å². The van der Waals surface area contributed by atoms with E-state index in [0.717, 1.165) is 0 Å². The Hall–Kier alpha value is 0. The summed E-state index contributed by atoms with van der Waals surface area (Å²) >= 11 is 0. The van der Waals surface area contributed by atoms with Crippen molar-refractivity contribution in [2.45, 2.75) is 12.8 Å².